The molecular formula is C14H29F3IN5O. The third kappa shape index (κ3) is 16.1. The summed E-state index contributed by atoms with van der Waals surface area (Å²) < 4.78 is 36.6. The molecule has 144 valence electrons. The average molecular weight is 467 g/mol. The lowest BCUT2D eigenvalue weighted by atomic mass is 10.1. The van der Waals surface area contributed by atoms with Gasteiger partial charge in [0.25, 0.3) is 0 Å². The Hall–Kier alpha value is -0.780. The van der Waals surface area contributed by atoms with Crippen LogP contribution in [0.25, 0.3) is 0 Å². The first-order chi connectivity index (χ1) is 10.4. The van der Waals surface area contributed by atoms with Crippen molar-refractivity contribution in [3.63, 3.8) is 0 Å². The quantitative estimate of drug-likeness (QED) is 0.302. The molecule has 24 heavy (non-hydrogen) atoms. The van der Waals surface area contributed by atoms with E-state index in [-0.39, 0.29) is 48.5 Å². The van der Waals surface area contributed by atoms with Crippen LogP contribution < -0.4 is 16.0 Å². The van der Waals surface area contributed by atoms with E-state index in [0.29, 0.717) is 19.0 Å². The number of hydrogen-bond donors (Lipinski definition) is 3. The minimum atomic E-state index is -4.21. The molecule has 0 bridgehead atoms. The molecular weight excluding hydrogens is 438 g/mol. The van der Waals surface area contributed by atoms with Crippen molar-refractivity contribution >= 4 is 35.8 Å². The van der Waals surface area contributed by atoms with Crippen LogP contribution in [0.15, 0.2) is 4.99 Å². The second-order valence-electron chi connectivity index (χ2n) is 6.27. The Kier molecular flexibility index (Phi) is 12.4. The zero-order valence-electron chi connectivity index (χ0n) is 14.9. The fourth-order valence-corrected chi connectivity index (χ4v) is 1.70. The van der Waals surface area contributed by atoms with Crippen LogP contribution in [0.5, 0.6) is 0 Å². The third-order valence-electron chi connectivity index (χ3n) is 2.47. The van der Waals surface area contributed by atoms with Crippen LogP contribution >= 0.6 is 24.0 Å². The van der Waals surface area contributed by atoms with E-state index >= 15 is 0 Å². The topological polar surface area (TPSA) is 68.8 Å². The van der Waals surface area contributed by atoms with Crippen LogP contribution in [0, 0.1) is 0 Å². The number of aliphatic imine (C=N–C) groups is 1. The Morgan fingerprint density at radius 3 is 2.21 bits per heavy atom. The summed E-state index contributed by atoms with van der Waals surface area (Å²) in [6.07, 6.45) is -4.21. The molecule has 10 heteroatoms. The van der Waals surface area contributed by atoms with Crippen molar-refractivity contribution in [2.45, 2.75) is 39.4 Å². The van der Waals surface area contributed by atoms with Gasteiger partial charge in [-0.05, 0) is 34.7 Å². The number of amides is 1. The predicted molar refractivity (Wildman–Crippen MR) is 101 cm³/mol. The van der Waals surface area contributed by atoms with Gasteiger partial charge in [-0.3, -0.25) is 9.69 Å². The van der Waals surface area contributed by atoms with Gasteiger partial charge in [-0.15, -0.1) is 24.0 Å². The highest BCUT2D eigenvalue weighted by atomic mass is 127. The van der Waals surface area contributed by atoms with Gasteiger partial charge in [0, 0.05) is 25.2 Å². The first-order valence-electron chi connectivity index (χ1n) is 7.51. The Labute approximate surface area is 159 Å². The van der Waals surface area contributed by atoms with E-state index in [1.807, 2.05) is 27.7 Å². The minimum Gasteiger partial charge on any atom is -0.357 e. The van der Waals surface area contributed by atoms with Gasteiger partial charge < -0.3 is 16.0 Å². The number of likely N-dealkylation sites (N-methyl/N-ethyl adjacent to an activating group) is 1. The van der Waals surface area contributed by atoms with Crippen molar-refractivity contribution in [1.29, 1.82) is 0 Å². The molecule has 1 amide bonds. The SMILES string of the molecule is CCNC(=NCC(=O)NC(C)(C)C)NCCN(C)CC(F)(F)F.I. The number of rotatable bonds is 7. The van der Waals surface area contributed by atoms with Crippen molar-refractivity contribution < 1.29 is 18.0 Å². The van der Waals surface area contributed by atoms with E-state index in [9.17, 15) is 18.0 Å². The third-order valence-corrected chi connectivity index (χ3v) is 2.47. The lowest BCUT2D eigenvalue weighted by Gasteiger charge is -2.20. The first-order valence-corrected chi connectivity index (χ1v) is 7.51. The maximum Gasteiger partial charge on any atom is 0.401 e. The molecule has 6 nitrogen and oxygen atoms in total. The van der Waals surface area contributed by atoms with E-state index in [1.165, 1.54) is 11.9 Å². The fraction of sp³-hybridized carbons (Fsp3) is 0.857. The Balaban J connectivity index is 0. The van der Waals surface area contributed by atoms with Crippen LogP contribution in [0.1, 0.15) is 27.7 Å². The summed E-state index contributed by atoms with van der Waals surface area (Å²) >= 11 is 0. The summed E-state index contributed by atoms with van der Waals surface area (Å²) in [6.45, 7) is 7.55. The molecule has 0 fully saturated rings. The molecule has 0 radical (unpaired) electrons. The molecule has 0 unspecified atom stereocenters. The molecule has 0 aromatic carbocycles. The summed E-state index contributed by atoms with van der Waals surface area (Å²) in [4.78, 5) is 17.0. The van der Waals surface area contributed by atoms with Crippen molar-refractivity contribution in [3.05, 3.63) is 0 Å². The van der Waals surface area contributed by atoms with Crippen LogP contribution in [0.2, 0.25) is 0 Å². The van der Waals surface area contributed by atoms with Crippen molar-refractivity contribution in [2.75, 3.05) is 39.8 Å². The Bertz CT molecular complexity index is 397. The summed E-state index contributed by atoms with van der Waals surface area (Å²) in [7, 11) is 1.40. The molecule has 0 aliphatic carbocycles. The Morgan fingerprint density at radius 2 is 1.75 bits per heavy atom. The number of carbonyl (C=O) groups excluding carboxylic acids is 1. The maximum absolute atomic E-state index is 12.2. The van der Waals surface area contributed by atoms with E-state index in [0.717, 1.165) is 0 Å². The van der Waals surface area contributed by atoms with Gasteiger partial charge >= 0.3 is 6.18 Å². The number of halogens is 4. The average Bonchev–Trinajstić information content (AvgIpc) is 2.31. The summed E-state index contributed by atoms with van der Waals surface area (Å²) in [6, 6.07) is 0. The van der Waals surface area contributed by atoms with Gasteiger partial charge in [0.1, 0.15) is 6.54 Å². The van der Waals surface area contributed by atoms with E-state index < -0.39 is 12.7 Å². The van der Waals surface area contributed by atoms with Crippen LogP contribution in [-0.2, 0) is 4.79 Å². The van der Waals surface area contributed by atoms with Gasteiger partial charge in [0.2, 0.25) is 5.91 Å². The van der Waals surface area contributed by atoms with E-state index in [4.69, 9.17) is 0 Å². The zero-order valence-corrected chi connectivity index (χ0v) is 17.2. The highest BCUT2D eigenvalue weighted by Crippen LogP contribution is 2.14. The van der Waals surface area contributed by atoms with Gasteiger partial charge in [-0.1, -0.05) is 0 Å². The monoisotopic (exact) mass is 467 g/mol. The highest BCUT2D eigenvalue weighted by Gasteiger charge is 2.28. The predicted octanol–water partition coefficient (Wildman–Crippen LogP) is 1.57. The van der Waals surface area contributed by atoms with Gasteiger partial charge in [-0.2, -0.15) is 13.2 Å². The maximum atomic E-state index is 12.2. The number of carbonyl (C=O) groups is 1. The van der Waals surface area contributed by atoms with Crippen molar-refractivity contribution in [1.82, 2.24) is 20.9 Å². The zero-order chi connectivity index (χ0) is 18.1. The molecule has 0 heterocycles. The van der Waals surface area contributed by atoms with Crippen molar-refractivity contribution in [3.8, 4) is 0 Å². The molecule has 0 aromatic rings. The van der Waals surface area contributed by atoms with Crippen LogP contribution in [0.4, 0.5) is 13.2 Å². The Morgan fingerprint density at radius 1 is 1.17 bits per heavy atom. The second-order valence-corrected chi connectivity index (χ2v) is 6.27. The largest absolute Gasteiger partial charge is 0.401 e. The molecule has 0 saturated carbocycles. The number of nitrogens with one attached hydrogen (secondary N) is 3. The number of nitrogens with zero attached hydrogens (tertiary/aromatic N) is 2. The molecule has 0 atom stereocenters. The van der Waals surface area contributed by atoms with Crippen LogP contribution in [-0.4, -0.2) is 68.3 Å². The lowest BCUT2D eigenvalue weighted by Crippen LogP contribution is -2.44. The standard InChI is InChI=1S/C14H28F3N5O.HI/c1-6-18-12(20-9-11(23)21-13(2,3)4)19-7-8-22(5)10-14(15,16)17;/h6-10H2,1-5H3,(H,21,23)(H2,18,19,20);1H. The second kappa shape index (κ2) is 11.7. The molecule has 3 N–H and O–H groups in total. The van der Waals surface area contributed by atoms with Crippen LogP contribution in [0.3, 0.4) is 0 Å². The summed E-state index contributed by atoms with van der Waals surface area (Å²) in [5, 5.41) is 8.63. The minimum absolute atomic E-state index is 0. The number of hydrogen-bond acceptors (Lipinski definition) is 3. The number of guanidine groups is 1. The molecule has 0 aromatic heterocycles. The molecule has 0 aliphatic heterocycles. The molecule has 0 aliphatic rings. The smallest absolute Gasteiger partial charge is 0.357 e. The highest BCUT2D eigenvalue weighted by molar-refractivity contribution is 14.0. The summed E-state index contributed by atoms with van der Waals surface area (Å²) in [5.41, 5.74) is -0.335. The van der Waals surface area contributed by atoms with E-state index in [1.54, 1.807) is 0 Å². The molecule has 0 saturated heterocycles. The van der Waals surface area contributed by atoms with Gasteiger partial charge in [0.05, 0.1) is 6.54 Å². The van der Waals surface area contributed by atoms with E-state index in [2.05, 4.69) is 20.9 Å². The van der Waals surface area contributed by atoms with Crippen molar-refractivity contribution in [2.24, 2.45) is 4.99 Å². The summed E-state index contributed by atoms with van der Waals surface area (Å²) in [5.74, 6) is 0.181. The normalized spacial score (nSPS) is 12.6. The lowest BCUT2D eigenvalue weighted by molar-refractivity contribution is -0.142. The number of alkyl halides is 3. The van der Waals surface area contributed by atoms with Gasteiger partial charge in [0.15, 0.2) is 5.96 Å². The first kappa shape index (κ1) is 25.5. The molecule has 0 spiro atoms. The molecule has 0 rings (SSSR count). The van der Waals surface area contributed by atoms with Gasteiger partial charge in [-0.25, -0.2) is 4.99 Å². The fourth-order valence-electron chi connectivity index (χ4n) is 1.70.